The Morgan fingerprint density at radius 2 is 1.91 bits per heavy atom. The van der Waals surface area contributed by atoms with Gasteiger partial charge in [0.15, 0.2) is 0 Å². The summed E-state index contributed by atoms with van der Waals surface area (Å²) in [5, 5.41) is 0. The number of carbonyl (C=O) groups is 1. The summed E-state index contributed by atoms with van der Waals surface area (Å²) in [4.78, 5) is 14.2. The Bertz CT molecular complexity index is 687. The van der Waals surface area contributed by atoms with Crippen molar-refractivity contribution in [1.29, 1.82) is 0 Å². The highest BCUT2D eigenvalue weighted by molar-refractivity contribution is 5.94. The minimum absolute atomic E-state index is 0.0960. The smallest absolute Gasteiger partial charge is 0.256 e. The van der Waals surface area contributed by atoms with Crippen molar-refractivity contribution >= 4 is 5.91 Å². The van der Waals surface area contributed by atoms with E-state index in [1.807, 2.05) is 30.3 Å². The first-order valence-electron chi connectivity index (χ1n) is 7.42. The zero-order chi connectivity index (χ0) is 15.7. The molecule has 114 valence electrons. The Kier molecular flexibility index (Phi) is 3.94. The Labute approximate surface area is 129 Å². The molecule has 3 nitrogen and oxygen atoms in total. The number of nitrogens with two attached hydrogens (primary N) is 1. The van der Waals surface area contributed by atoms with Crippen LogP contribution in [0.5, 0.6) is 0 Å². The number of carbonyl (C=O) groups excluding carboxylic acids is 1. The summed E-state index contributed by atoms with van der Waals surface area (Å²) < 4.78 is 14.0. The highest BCUT2D eigenvalue weighted by Gasteiger charge is 2.34. The summed E-state index contributed by atoms with van der Waals surface area (Å²) >= 11 is 0. The van der Waals surface area contributed by atoms with Crippen LogP contribution in [0.4, 0.5) is 4.39 Å². The maximum Gasteiger partial charge on any atom is 0.256 e. The molecule has 1 amide bonds. The summed E-state index contributed by atoms with van der Waals surface area (Å²) in [6.45, 7) is 2.78. The quantitative estimate of drug-likeness (QED) is 0.926. The van der Waals surface area contributed by atoms with Gasteiger partial charge in [-0.3, -0.25) is 4.79 Å². The van der Waals surface area contributed by atoms with Crippen LogP contribution in [0.15, 0.2) is 48.5 Å². The number of hydrogen-bond donors (Lipinski definition) is 1. The van der Waals surface area contributed by atoms with Gasteiger partial charge in [-0.15, -0.1) is 0 Å². The second kappa shape index (κ2) is 5.89. The van der Waals surface area contributed by atoms with Crippen LogP contribution >= 0.6 is 0 Å². The van der Waals surface area contributed by atoms with Crippen molar-refractivity contribution < 1.29 is 9.18 Å². The first kappa shape index (κ1) is 14.7. The van der Waals surface area contributed by atoms with Gasteiger partial charge in [0, 0.05) is 25.0 Å². The highest BCUT2D eigenvalue weighted by atomic mass is 19.1. The van der Waals surface area contributed by atoms with E-state index in [4.69, 9.17) is 5.73 Å². The fourth-order valence-corrected chi connectivity index (χ4v) is 3.01. The van der Waals surface area contributed by atoms with E-state index in [1.54, 1.807) is 24.0 Å². The Morgan fingerprint density at radius 3 is 2.59 bits per heavy atom. The Hall–Kier alpha value is -2.20. The van der Waals surface area contributed by atoms with Crippen molar-refractivity contribution in [1.82, 2.24) is 4.90 Å². The van der Waals surface area contributed by atoms with Gasteiger partial charge in [0.1, 0.15) is 5.82 Å². The number of halogens is 1. The van der Waals surface area contributed by atoms with Crippen molar-refractivity contribution in [3.05, 3.63) is 71.0 Å². The average molecular weight is 298 g/mol. The second-order valence-electron chi connectivity index (χ2n) is 5.87. The third-order valence-electron chi connectivity index (χ3n) is 4.24. The molecule has 3 rings (SSSR count). The number of hydrogen-bond acceptors (Lipinski definition) is 2. The van der Waals surface area contributed by atoms with Crippen LogP contribution in [0.1, 0.15) is 27.4 Å². The van der Waals surface area contributed by atoms with Crippen LogP contribution in [0.2, 0.25) is 0 Å². The monoisotopic (exact) mass is 298 g/mol. The van der Waals surface area contributed by atoms with Gasteiger partial charge in [0.25, 0.3) is 5.91 Å². The van der Waals surface area contributed by atoms with Crippen molar-refractivity contribution in [3.63, 3.8) is 0 Å². The standard InChI is InChI=1S/C18H19FN2O/c1-12-7-8-14(16(19)9-12)18(22)21-10-15(17(20)11-21)13-5-3-2-4-6-13/h2-9,15,17H,10-11,20H2,1H3/t15-,17+/m0/s1. The van der Waals surface area contributed by atoms with Gasteiger partial charge >= 0.3 is 0 Å². The summed E-state index contributed by atoms with van der Waals surface area (Å²) in [6.07, 6.45) is 0. The molecule has 0 radical (unpaired) electrons. The number of likely N-dealkylation sites (tertiary alicyclic amines) is 1. The molecule has 1 saturated heterocycles. The molecule has 2 aromatic carbocycles. The largest absolute Gasteiger partial charge is 0.336 e. The number of aryl methyl sites for hydroxylation is 1. The topological polar surface area (TPSA) is 46.3 Å². The number of rotatable bonds is 2. The fraction of sp³-hybridized carbons (Fsp3) is 0.278. The SMILES string of the molecule is Cc1ccc(C(=O)N2C[C@@H](N)[C@H](c3ccccc3)C2)c(F)c1. The lowest BCUT2D eigenvalue weighted by molar-refractivity contribution is 0.0784. The van der Waals surface area contributed by atoms with Gasteiger partial charge in [0.2, 0.25) is 0 Å². The lowest BCUT2D eigenvalue weighted by Crippen LogP contribution is -2.32. The molecule has 1 fully saturated rings. The van der Waals surface area contributed by atoms with Crippen LogP contribution in [-0.2, 0) is 0 Å². The van der Waals surface area contributed by atoms with Gasteiger partial charge in [-0.25, -0.2) is 4.39 Å². The molecule has 4 heteroatoms. The van der Waals surface area contributed by atoms with E-state index in [1.165, 1.54) is 6.07 Å². The zero-order valence-corrected chi connectivity index (χ0v) is 12.5. The van der Waals surface area contributed by atoms with Crippen LogP contribution in [0, 0.1) is 12.7 Å². The zero-order valence-electron chi connectivity index (χ0n) is 12.5. The van der Waals surface area contributed by atoms with Crippen LogP contribution < -0.4 is 5.73 Å². The van der Waals surface area contributed by atoms with E-state index >= 15 is 0 Å². The third kappa shape index (κ3) is 2.74. The maximum absolute atomic E-state index is 14.0. The lowest BCUT2D eigenvalue weighted by Gasteiger charge is -2.17. The number of benzene rings is 2. The van der Waals surface area contributed by atoms with Crippen molar-refractivity contribution in [2.24, 2.45) is 5.73 Å². The van der Waals surface area contributed by atoms with Crippen LogP contribution in [0.25, 0.3) is 0 Å². The van der Waals surface area contributed by atoms with Crippen LogP contribution in [0.3, 0.4) is 0 Å². The third-order valence-corrected chi connectivity index (χ3v) is 4.24. The molecule has 22 heavy (non-hydrogen) atoms. The van der Waals surface area contributed by atoms with E-state index in [9.17, 15) is 9.18 Å². The molecule has 0 bridgehead atoms. The molecule has 0 aliphatic carbocycles. The molecular weight excluding hydrogens is 279 g/mol. The van der Waals surface area contributed by atoms with Gasteiger partial charge in [0.05, 0.1) is 5.56 Å². The fourth-order valence-electron chi connectivity index (χ4n) is 3.01. The Balaban J connectivity index is 1.81. The molecule has 0 unspecified atom stereocenters. The Morgan fingerprint density at radius 1 is 1.18 bits per heavy atom. The van der Waals surface area contributed by atoms with Crippen LogP contribution in [-0.4, -0.2) is 29.9 Å². The van der Waals surface area contributed by atoms with Gasteiger partial charge in [-0.05, 0) is 30.2 Å². The van der Waals surface area contributed by atoms with E-state index < -0.39 is 5.82 Å². The number of nitrogens with zero attached hydrogens (tertiary/aromatic N) is 1. The highest BCUT2D eigenvalue weighted by Crippen LogP contribution is 2.27. The number of amides is 1. The molecule has 2 aromatic rings. The summed E-state index contributed by atoms with van der Waals surface area (Å²) in [5.41, 5.74) is 8.23. The van der Waals surface area contributed by atoms with E-state index in [0.29, 0.717) is 13.1 Å². The molecule has 0 saturated carbocycles. The van der Waals surface area contributed by atoms with Crippen molar-refractivity contribution in [3.8, 4) is 0 Å². The van der Waals surface area contributed by atoms with E-state index in [0.717, 1.165) is 11.1 Å². The predicted octanol–water partition coefficient (Wildman–Crippen LogP) is 2.70. The van der Waals surface area contributed by atoms with E-state index in [2.05, 4.69) is 0 Å². The molecule has 0 spiro atoms. The average Bonchev–Trinajstić information content (AvgIpc) is 2.89. The minimum atomic E-state index is -0.471. The van der Waals surface area contributed by atoms with Crippen molar-refractivity contribution in [2.45, 2.75) is 18.9 Å². The first-order chi connectivity index (χ1) is 10.6. The second-order valence-corrected chi connectivity index (χ2v) is 5.87. The summed E-state index contributed by atoms with van der Waals surface area (Å²) in [7, 11) is 0. The molecule has 1 aliphatic heterocycles. The summed E-state index contributed by atoms with van der Waals surface area (Å²) in [5.74, 6) is -0.660. The molecule has 1 aliphatic rings. The lowest BCUT2D eigenvalue weighted by atomic mass is 9.95. The minimum Gasteiger partial charge on any atom is -0.336 e. The molecule has 2 N–H and O–H groups in total. The molecule has 0 aromatic heterocycles. The maximum atomic E-state index is 14.0. The van der Waals surface area contributed by atoms with Gasteiger partial charge in [-0.1, -0.05) is 36.4 Å². The normalized spacial score (nSPS) is 21.1. The van der Waals surface area contributed by atoms with E-state index in [-0.39, 0.29) is 23.4 Å². The predicted molar refractivity (Wildman–Crippen MR) is 84.2 cm³/mol. The van der Waals surface area contributed by atoms with Crippen molar-refractivity contribution in [2.75, 3.05) is 13.1 Å². The first-order valence-corrected chi connectivity index (χ1v) is 7.42. The molecule has 2 atom stereocenters. The molecule has 1 heterocycles. The van der Waals surface area contributed by atoms with Gasteiger partial charge in [-0.2, -0.15) is 0 Å². The molecular formula is C18H19FN2O. The summed E-state index contributed by atoms with van der Waals surface area (Å²) in [6, 6.07) is 14.5. The van der Waals surface area contributed by atoms with Gasteiger partial charge < -0.3 is 10.6 Å².